The average Bonchev–Trinajstić information content (AvgIpc) is 2.15. The van der Waals surface area contributed by atoms with Crippen LogP contribution in [-0.2, 0) is 0 Å². The van der Waals surface area contributed by atoms with E-state index in [9.17, 15) is 0 Å². The van der Waals surface area contributed by atoms with Crippen LogP contribution in [0.25, 0.3) is 0 Å². The third-order valence-corrected chi connectivity index (χ3v) is 2.44. The predicted molar refractivity (Wildman–Crippen MR) is 60.2 cm³/mol. The molecular formula is C12H20N2. The van der Waals surface area contributed by atoms with Crippen molar-refractivity contribution in [2.75, 3.05) is 7.05 Å². The minimum absolute atomic E-state index is 0.385. The summed E-state index contributed by atoms with van der Waals surface area (Å²) in [6.45, 7) is 6.60. The van der Waals surface area contributed by atoms with Crippen LogP contribution in [0.1, 0.15) is 37.6 Å². The lowest BCUT2D eigenvalue weighted by molar-refractivity contribution is 0.447. The maximum atomic E-state index is 4.44. The molecule has 0 bridgehead atoms. The Kier molecular flexibility index (Phi) is 4.08. The molecule has 1 atom stereocenters. The lowest BCUT2D eigenvalue weighted by Crippen LogP contribution is -2.20. The molecule has 1 rings (SSSR count). The molecule has 2 nitrogen and oxygen atoms in total. The predicted octanol–water partition coefficient (Wildman–Crippen LogP) is 2.70. The molecule has 0 amide bonds. The average molecular weight is 192 g/mol. The van der Waals surface area contributed by atoms with Gasteiger partial charge in [0.25, 0.3) is 0 Å². The first-order valence-electron chi connectivity index (χ1n) is 5.24. The molecule has 0 spiro atoms. The Morgan fingerprint density at radius 3 is 2.64 bits per heavy atom. The van der Waals surface area contributed by atoms with E-state index >= 15 is 0 Å². The van der Waals surface area contributed by atoms with Crippen LogP contribution in [-0.4, -0.2) is 12.0 Å². The largest absolute Gasteiger partial charge is 0.312 e. The molecule has 0 radical (unpaired) electrons. The summed E-state index contributed by atoms with van der Waals surface area (Å²) in [6.07, 6.45) is 3.00. The van der Waals surface area contributed by atoms with Crippen LogP contribution >= 0.6 is 0 Å². The van der Waals surface area contributed by atoms with E-state index in [-0.39, 0.29) is 0 Å². The Bertz CT molecular complexity index is 281. The normalized spacial score (nSPS) is 13.2. The second kappa shape index (κ2) is 5.11. The van der Waals surface area contributed by atoms with Crippen molar-refractivity contribution in [2.45, 2.75) is 33.2 Å². The fourth-order valence-electron chi connectivity index (χ4n) is 1.70. The van der Waals surface area contributed by atoms with Gasteiger partial charge in [0.2, 0.25) is 0 Å². The molecule has 2 heteroatoms. The fourth-order valence-corrected chi connectivity index (χ4v) is 1.70. The van der Waals surface area contributed by atoms with Crippen LogP contribution < -0.4 is 5.32 Å². The zero-order valence-corrected chi connectivity index (χ0v) is 9.54. The molecule has 0 fully saturated rings. The lowest BCUT2D eigenvalue weighted by Gasteiger charge is -2.19. The third kappa shape index (κ3) is 2.81. The van der Waals surface area contributed by atoms with Crippen molar-refractivity contribution in [2.24, 2.45) is 5.92 Å². The van der Waals surface area contributed by atoms with Crippen molar-refractivity contribution in [3.8, 4) is 0 Å². The van der Waals surface area contributed by atoms with Gasteiger partial charge in [0.05, 0.1) is 5.69 Å². The molecule has 0 saturated heterocycles. The number of aromatic nitrogens is 1. The maximum Gasteiger partial charge on any atom is 0.0602 e. The van der Waals surface area contributed by atoms with Gasteiger partial charge in [0.1, 0.15) is 0 Å². The van der Waals surface area contributed by atoms with Crippen LogP contribution in [0.2, 0.25) is 0 Å². The van der Waals surface area contributed by atoms with Crippen molar-refractivity contribution in [1.29, 1.82) is 0 Å². The van der Waals surface area contributed by atoms with Crippen molar-refractivity contribution in [3.63, 3.8) is 0 Å². The standard InChI is InChI=1S/C12H20N2/c1-9(2)8-11(13-4)12-10(3)6-5-7-14-12/h5-7,9,11,13H,8H2,1-4H3. The highest BCUT2D eigenvalue weighted by molar-refractivity contribution is 5.20. The summed E-state index contributed by atoms with van der Waals surface area (Å²) in [5, 5.41) is 3.33. The van der Waals surface area contributed by atoms with Crippen LogP contribution in [0.3, 0.4) is 0 Å². The van der Waals surface area contributed by atoms with Crippen LogP contribution in [0, 0.1) is 12.8 Å². The molecule has 0 aliphatic carbocycles. The number of nitrogens with one attached hydrogen (secondary N) is 1. The molecule has 1 N–H and O–H groups in total. The number of pyridine rings is 1. The number of nitrogens with zero attached hydrogens (tertiary/aromatic N) is 1. The fraction of sp³-hybridized carbons (Fsp3) is 0.583. The van der Waals surface area contributed by atoms with Crippen LogP contribution in [0.5, 0.6) is 0 Å². The van der Waals surface area contributed by atoms with Gasteiger partial charge in [-0.15, -0.1) is 0 Å². The van der Waals surface area contributed by atoms with Crippen LogP contribution in [0.4, 0.5) is 0 Å². The molecule has 14 heavy (non-hydrogen) atoms. The first-order chi connectivity index (χ1) is 6.65. The number of hydrogen-bond donors (Lipinski definition) is 1. The summed E-state index contributed by atoms with van der Waals surface area (Å²) >= 11 is 0. The van der Waals surface area contributed by atoms with Gasteiger partial charge in [-0.25, -0.2) is 0 Å². The van der Waals surface area contributed by atoms with E-state index in [1.165, 1.54) is 11.3 Å². The minimum atomic E-state index is 0.385. The molecule has 0 aromatic carbocycles. The quantitative estimate of drug-likeness (QED) is 0.793. The zero-order valence-electron chi connectivity index (χ0n) is 9.54. The molecule has 1 unspecified atom stereocenters. The molecule has 1 aromatic heterocycles. The van der Waals surface area contributed by atoms with Gasteiger partial charge < -0.3 is 5.32 Å². The van der Waals surface area contributed by atoms with E-state index in [4.69, 9.17) is 0 Å². The molecule has 1 aromatic rings. The van der Waals surface area contributed by atoms with E-state index in [1.54, 1.807) is 0 Å². The maximum absolute atomic E-state index is 4.44. The molecule has 1 heterocycles. The van der Waals surface area contributed by atoms with Gasteiger partial charge in [0, 0.05) is 12.2 Å². The Hall–Kier alpha value is -0.890. The van der Waals surface area contributed by atoms with E-state index in [0.29, 0.717) is 12.0 Å². The molecular weight excluding hydrogens is 172 g/mol. The monoisotopic (exact) mass is 192 g/mol. The summed E-state index contributed by atoms with van der Waals surface area (Å²) in [6, 6.07) is 4.49. The summed E-state index contributed by atoms with van der Waals surface area (Å²) in [4.78, 5) is 4.44. The number of hydrogen-bond acceptors (Lipinski definition) is 2. The Morgan fingerprint density at radius 1 is 1.43 bits per heavy atom. The van der Waals surface area contributed by atoms with Crippen molar-refractivity contribution in [3.05, 3.63) is 29.6 Å². The first kappa shape index (κ1) is 11.2. The van der Waals surface area contributed by atoms with E-state index < -0.39 is 0 Å². The molecule has 0 saturated carbocycles. The molecule has 0 aliphatic rings. The minimum Gasteiger partial charge on any atom is -0.312 e. The zero-order chi connectivity index (χ0) is 10.6. The smallest absolute Gasteiger partial charge is 0.0602 e. The summed E-state index contributed by atoms with van der Waals surface area (Å²) in [7, 11) is 2.00. The van der Waals surface area contributed by atoms with Crippen molar-refractivity contribution >= 4 is 0 Å². The van der Waals surface area contributed by atoms with E-state index in [0.717, 1.165) is 6.42 Å². The second-order valence-corrected chi connectivity index (χ2v) is 4.18. The third-order valence-electron chi connectivity index (χ3n) is 2.44. The first-order valence-corrected chi connectivity index (χ1v) is 5.24. The highest BCUT2D eigenvalue weighted by Gasteiger charge is 2.13. The Labute approximate surface area is 86.8 Å². The van der Waals surface area contributed by atoms with Gasteiger partial charge >= 0.3 is 0 Å². The van der Waals surface area contributed by atoms with Crippen LogP contribution in [0.15, 0.2) is 18.3 Å². The van der Waals surface area contributed by atoms with Crippen molar-refractivity contribution < 1.29 is 0 Å². The Morgan fingerprint density at radius 2 is 2.14 bits per heavy atom. The topological polar surface area (TPSA) is 24.9 Å². The summed E-state index contributed by atoms with van der Waals surface area (Å²) < 4.78 is 0. The SMILES string of the molecule is CNC(CC(C)C)c1ncccc1C. The van der Waals surface area contributed by atoms with Gasteiger partial charge in [-0.05, 0) is 37.9 Å². The van der Waals surface area contributed by atoms with Gasteiger partial charge in [0.15, 0.2) is 0 Å². The summed E-state index contributed by atoms with van der Waals surface area (Å²) in [5.74, 6) is 0.689. The highest BCUT2D eigenvalue weighted by atomic mass is 14.9. The summed E-state index contributed by atoms with van der Waals surface area (Å²) in [5.41, 5.74) is 2.45. The highest BCUT2D eigenvalue weighted by Crippen LogP contribution is 2.21. The number of aryl methyl sites for hydroxylation is 1. The van der Waals surface area contributed by atoms with Gasteiger partial charge in [-0.1, -0.05) is 19.9 Å². The van der Waals surface area contributed by atoms with Gasteiger partial charge in [-0.2, -0.15) is 0 Å². The van der Waals surface area contributed by atoms with E-state index in [2.05, 4.69) is 37.1 Å². The second-order valence-electron chi connectivity index (χ2n) is 4.18. The van der Waals surface area contributed by atoms with Crippen molar-refractivity contribution in [1.82, 2.24) is 10.3 Å². The molecule has 78 valence electrons. The number of rotatable bonds is 4. The molecule has 0 aliphatic heterocycles. The van der Waals surface area contributed by atoms with Gasteiger partial charge in [-0.3, -0.25) is 4.98 Å². The van der Waals surface area contributed by atoms with E-state index in [1.807, 2.05) is 19.3 Å². The Balaban J connectivity index is 2.83. The lowest BCUT2D eigenvalue weighted by atomic mass is 9.98.